The first kappa shape index (κ1) is 19.2. The number of H-pyrrole nitrogens is 1. The zero-order valence-electron chi connectivity index (χ0n) is 17.0. The van der Waals surface area contributed by atoms with Crippen LogP contribution in [0, 0.1) is 6.92 Å². The van der Waals surface area contributed by atoms with Crippen LogP contribution in [-0.4, -0.2) is 34.8 Å². The maximum atomic E-state index is 13.2. The molecule has 150 valence electrons. The van der Waals surface area contributed by atoms with Gasteiger partial charge in [0.25, 0.3) is 5.91 Å². The summed E-state index contributed by atoms with van der Waals surface area (Å²) in [5.74, 6) is -0.00626. The molecule has 2 heterocycles. The molecule has 1 atom stereocenters. The van der Waals surface area contributed by atoms with E-state index in [9.17, 15) is 9.59 Å². The third-order valence-corrected chi connectivity index (χ3v) is 5.71. The molecule has 0 saturated carbocycles. The summed E-state index contributed by atoms with van der Waals surface area (Å²) in [7, 11) is 0. The lowest BCUT2D eigenvalue weighted by Gasteiger charge is -2.26. The van der Waals surface area contributed by atoms with E-state index in [0.29, 0.717) is 19.5 Å². The Morgan fingerprint density at radius 3 is 2.72 bits per heavy atom. The van der Waals surface area contributed by atoms with Crippen LogP contribution in [0.1, 0.15) is 59.4 Å². The van der Waals surface area contributed by atoms with Crippen LogP contribution in [0.15, 0.2) is 48.5 Å². The Morgan fingerprint density at radius 2 is 1.90 bits per heavy atom. The highest BCUT2D eigenvalue weighted by Crippen LogP contribution is 2.42. The maximum absolute atomic E-state index is 13.2. The SMILES string of the molecule is CCCCNC(=O)CCN1C(=O)c2ccccc2[C@@H]1c1c(C)[nH]c2ccccc12. The highest BCUT2D eigenvalue weighted by atomic mass is 16.2. The largest absolute Gasteiger partial charge is 0.358 e. The summed E-state index contributed by atoms with van der Waals surface area (Å²) in [6, 6.07) is 15.8. The monoisotopic (exact) mass is 389 g/mol. The molecule has 2 aromatic carbocycles. The van der Waals surface area contributed by atoms with Crippen molar-refractivity contribution in [3.63, 3.8) is 0 Å². The number of carbonyl (C=O) groups is 2. The minimum atomic E-state index is -0.182. The average molecular weight is 389 g/mol. The molecule has 3 aromatic rings. The zero-order chi connectivity index (χ0) is 20.4. The molecule has 1 aromatic heterocycles. The highest BCUT2D eigenvalue weighted by molar-refractivity contribution is 6.01. The normalized spacial score (nSPS) is 15.7. The number of unbranched alkanes of at least 4 members (excludes halogenated alkanes) is 1. The van der Waals surface area contributed by atoms with Crippen LogP contribution >= 0.6 is 0 Å². The topological polar surface area (TPSA) is 65.2 Å². The molecule has 0 bridgehead atoms. The molecule has 2 amide bonds. The number of aromatic nitrogens is 1. The molecule has 1 aliphatic heterocycles. The third-order valence-electron chi connectivity index (χ3n) is 5.71. The van der Waals surface area contributed by atoms with Crippen molar-refractivity contribution in [3.8, 4) is 0 Å². The number of para-hydroxylation sites is 1. The summed E-state index contributed by atoms with van der Waals surface area (Å²) in [6.07, 6.45) is 2.32. The molecule has 1 aliphatic rings. The Kier molecular flexibility index (Phi) is 5.38. The molecule has 5 heteroatoms. The van der Waals surface area contributed by atoms with Crippen molar-refractivity contribution in [2.45, 2.75) is 39.2 Å². The van der Waals surface area contributed by atoms with Crippen LogP contribution in [0.5, 0.6) is 0 Å². The Bertz CT molecular complexity index is 1050. The maximum Gasteiger partial charge on any atom is 0.255 e. The summed E-state index contributed by atoms with van der Waals surface area (Å²) in [6.45, 7) is 5.24. The molecule has 0 saturated heterocycles. The van der Waals surface area contributed by atoms with Gasteiger partial charge in [0.2, 0.25) is 5.91 Å². The standard InChI is InChI=1S/C24H27N3O2/c1-3-4-14-25-21(28)13-15-27-23(17-9-5-6-10-18(17)24(27)29)22-16(2)26-20-12-8-7-11-19(20)22/h5-12,23,26H,3-4,13-15H2,1-2H3,(H,25,28)/t23-/m1/s1. The van der Waals surface area contributed by atoms with Crippen molar-refractivity contribution in [3.05, 3.63) is 70.9 Å². The van der Waals surface area contributed by atoms with E-state index in [1.807, 2.05) is 41.3 Å². The molecule has 4 rings (SSSR count). The fraction of sp³-hybridized carbons (Fsp3) is 0.333. The second-order valence-electron chi connectivity index (χ2n) is 7.65. The number of rotatable bonds is 7. The van der Waals surface area contributed by atoms with Gasteiger partial charge in [0.1, 0.15) is 0 Å². The second-order valence-corrected chi connectivity index (χ2v) is 7.65. The Hall–Kier alpha value is -3.08. The van der Waals surface area contributed by atoms with Crippen molar-refractivity contribution in [1.82, 2.24) is 15.2 Å². The molecule has 0 radical (unpaired) electrons. The molecule has 5 nitrogen and oxygen atoms in total. The van der Waals surface area contributed by atoms with E-state index >= 15 is 0 Å². The highest BCUT2D eigenvalue weighted by Gasteiger charge is 2.39. The van der Waals surface area contributed by atoms with Gasteiger partial charge in [-0.2, -0.15) is 0 Å². The molecule has 0 spiro atoms. The quantitative estimate of drug-likeness (QED) is 0.591. The Morgan fingerprint density at radius 1 is 1.14 bits per heavy atom. The van der Waals surface area contributed by atoms with Crippen LogP contribution in [0.4, 0.5) is 0 Å². The van der Waals surface area contributed by atoms with Crippen LogP contribution in [0.3, 0.4) is 0 Å². The van der Waals surface area contributed by atoms with Crippen molar-refractivity contribution in [2.24, 2.45) is 0 Å². The molecule has 0 aliphatic carbocycles. The first-order valence-electron chi connectivity index (χ1n) is 10.4. The van der Waals surface area contributed by atoms with E-state index in [4.69, 9.17) is 0 Å². The Labute approximate surface area is 171 Å². The van der Waals surface area contributed by atoms with Gasteiger partial charge in [-0.3, -0.25) is 9.59 Å². The van der Waals surface area contributed by atoms with E-state index in [1.54, 1.807) is 0 Å². The van der Waals surface area contributed by atoms with Crippen molar-refractivity contribution in [2.75, 3.05) is 13.1 Å². The van der Waals surface area contributed by atoms with Crippen LogP contribution < -0.4 is 5.32 Å². The number of fused-ring (bicyclic) bond motifs is 2. The number of benzene rings is 2. The lowest BCUT2D eigenvalue weighted by molar-refractivity contribution is -0.121. The predicted octanol–water partition coefficient (Wildman–Crippen LogP) is 4.33. The van der Waals surface area contributed by atoms with Crippen LogP contribution in [-0.2, 0) is 4.79 Å². The van der Waals surface area contributed by atoms with Gasteiger partial charge in [-0.1, -0.05) is 49.7 Å². The van der Waals surface area contributed by atoms with Gasteiger partial charge in [0.05, 0.1) is 6.04 Å². The number of carbonyl (C=O) groups excluding carboxylic acids is 2. The Balaban J connectivity index is 1.68. The number of aromatic amines is 1. The summed E-state index contributed by atoms with van der Waals surface area (Å²) < 4.78 is 0. The predicted molar refractivity (Wildman–Crippen MR) is 115 cm³/mol. The van der Waals surface area contributed by atoms with Crippen molar-refractivity contribution >= 4 is 22.7 Å². The lowest BCUT2D eigenvalue weighted by atomic mass is 9.95. The molecule has 0 unspecified atom stereocenters. The first-order valence-corrected chi connectivity index (χ1v) is 10.4. The van der Waals surface area contributed by atoms with Gasteiger partial charge in [-0.05, 0) is 31.0 Å². The van der Waals surface area contributed by atoms with E-state index in [-0.39, 0.29) is 17.9 Å². The van der Waals surface area contributed by atoms with E-state index < -0.39 is 0 Å². The average Bonchev–Trinajstić information content (AvgIpc) is 3.20. The van der Waals surface area contributed by atoms with Crippen molar-refractivity contribution < 1.29 is 9.59 Å². The van der Waals surface area contributed by atoms with Gasteiger partial charge in [0.15, 0.2) is 0 Å². The second kappa shape index (κ2) is 8.11. The fourth-order valence-corrected chi connectivity index (χ4v) is 4.28. The minimum absolute atomic E-state index is 0.00311. The number of nitrogens with one attached hydrogen (secondary N) is 2. The number of aryl methyl sites for hydroxylation is 1. The number of amides is 2. The molecule has 0 fully saturated rings. The van der Waals surface area contributed by atoms with E-state index in [0.717, 1.165) is 46.1 Å². The fourth-order valence-electron chi connectivity index (χ4n) is 4.28. The summed E-state index contributed by atoms with van der Waals surface area (Å²) in [5.41, 5.74) is 4.97. The summed E-state index contributed by atoms with van der Waals surface area (Å²) >= 11 is 0. The lowest BCUT2D eigenvalue weighted by Crippen LogP contribution is -2.34. The smallest absolute Gasteiger partial charge is 0.255 e. The molecule has 29 heavy (non-hydrogen) atoms. The number of hydrogen-bond acceptors (Lipinski definition) is 2. The van der Waals surface area contributed by atoms with E-state index in [1.165, 1.54) is 0 Å². The first-order chi connectivity index (χ1) is 14.1. The number of nitrogens with zero attached hydrogens (tertiary/aromatic N) is 1. The van der Waals surface area contributed by atoms with Gasteiger partial charge < -0.3 is 15.2 Å². The molecule has 2 N–H and O–H groups in total. The summed E-state index contributed by atoms with van der Waals surface area (Å²) in [4.78, 5) is 30.8. The minimum Gasteiger partial charge on any atom is -0.358 e. The van der Waals surface area contributed by atoms with Crippen LogP contribution in [0.25, 0.3) is 10.9 Å². The summed E-state index contributed by atoms with van der Waals surface area (Å²) in [5, 5.41) is 4.07. The van der Waals surface area contributed by atoms with Gasteiger partial charge >= 0.3 is 0 Å². The van der Waals surface area contributed by atoms with Crippen molar-refractivity contribution in [1.29, 1.82) is 0 Å². The van der Waals surface area contributed by atoms with Gasteiger partial charge in [-0.25, -0.2) is 0 Å². The third kappa shape index (κ3) is 3.53. The van der Waals surface area contributed by atoms with Crippen LogP contribution in [0.2, 0.25) is 0 Å². The molecular weight excluding hydrogens is 362 g/mol. The van der Waals surface area contributed by atoms with Gasteiger partial charge in [-0.15, -0.1) is 0 Å². The number of hydrogen-bond donors (Lipinski definition) is 2. The zero-order valence-corrected chi connectivity index (χ0v) is 17.0. The molecular formula is C24H27N3O2. The van der Waals surface area contributed by atoms with Gasteiger partial charge in [0, 0.05) is 47.2 Å². The van der Waals surface area contributed by atoms with E-state index in [2.05, 4.69) is 36.3 Å².